The summed E-state index contributed by atoms with van der Waals surface area (Å²) < 4.78 is 3.47. The summed E-state index contributed by atoms with van der Waals surface area (Å²) in [5.41, 5.74) is 3.66. The molecule has 3 aromatic heterocycles. The quantitative estimate of drug-likeness (QED) is 0.573. The molecule has 0 saturated carbocycles. The Labute approximate surface area is 159 Å². The largest absolute Gasteiger partial charge is 0.307 e. The maximum Gasteiger partial charge on any atom is 0.260 e. The maximum atomic E-state index is 12.6. The lowest BCUT2D eigenvalue weighted by atomic mass is 10.1. The summed E-state index contributed by atoms with van der Waals surface area (Å²) >= 11 is 0. The molecule has 0 spiro atoms. The second-order valence-electron chi connectivity index (χ2n) is 6.79. The van der Waals surface area contributed by atoms with Crippen LogP contribution in [0.1, 0.15) is 6.92 Å². The van der Waals surface area contributed by atoms with E-state index in [-0.39, 0.29) is 11.5 Å². The Morgan fingerprint density at radius 1 is 1.21 bits per heavy atom. The van der Waals surface area contributed by atoms with Crippen molar-refractivity contribution in [1.29, 1.82) is 0 Å². The molecule has 140 valence electrons. The van der Waals surface area contributed by atoms with Crippen LogP contribution in [0.3, 0.4) is 0 Å². The highest BCUT2D eigenvalue weighted by Crippen LogP contribution is 2.37. The number of carbonyl (C=O) groups excluding carboxylic acids is 1. The second kappa shape index (κ2) is 5.88. The van der Waals surface area contributed by atoms with E-state index >= 15 is 0 Å². The number of anilines is 1. The molecule has 0 saturated heterocycles. The van der Waals surface area contributed by atoms with Gasteiger partial charge in [-0.2, -0.15) is 5.10 Å². The van der Waals surface area contributed by atoms with Crippen molar-refractivity contribution in [2.24, 2.45) is 7.05 Å². The van der Waals surface area contributed by atoms with E-state index in [0.29, 0.717) is 35.6 Å². The van der Waals surface area contributed by atoms with Gasteiger partial charge in [0.25, 0.3) is 5.56 Å². The van der Waals surface area contributed by atoms with Gasteiger partial charge in [-0.15, -0.1) is 0 Å². The van der Waals surface area contributed by atoms with Gasteiger partial charge in [0.15, 0.2) is 0 Å². The summed E-state index contributed by atoms with van der Waals surface area (Å²) in [6.07, 6.45) is 3.17. The summed E-state index contributed by atoms with van der Waals surface area (Å²) in [4.78, 5) is 35.3. The molecule has 4 aromatic rings. The van der Waals surface area contributed by atoms with Gasteiger partial charge in [-0.05, 0) is 18.2 Å². The number of benzene rings is 1. The van der Waals surface area contributed by atoms with Gasteiger partial charge < -0.3 is 9.13 Å². The minimum absolute atomic E-state index is 0.0527. The van der Waals surface area contributed by atoms with Gasteiger partial charge in [-0.25, -0.2) is 9.97 Å². The number of aromatic amines is 1. The fourth-order valence-corrected chi connectivity index (χ4v) is 3.68. The van der Waals surface area contributed by atoms with Crippen LogP contribution < -0.4 is 10.5 Å². The average Bonchev–Trinajstić information content (AvgIpc) is 3.39. The Bertz CT molecular complexity index is 1280. The molecule has 5 rings (SSSR count). The fraction of sp³-hybridized carbons (Fsp3) is 0.211. The highest BCUT2D eigenvalue weighted by atomic mass is 16.2. The summed E-state index contributed by atoms with van der Waals surface area (Å²) in [6.45, 7) is 2.74. The summed E-state index contributed by atoms with van der Waals surface area (Å²) in [5, 5.41) is 7.51. The highest BCUT2D eigenvalue weighted by Gasteiger charge is 2.30. The monoisotopic (exact) mass is 375 g/mol. The molecule has 0 bridgehead atoms. The Morgan fingerprint density at radius 2 is 2.07 bits per heavy atom. The lowest BCUT2D eigenvalue weighted by molar-refractivity contribution is -0.116. The lowest BCUT2D eigenvalue weighted by Gasteiger charge is -2.09. The predicted molar refractivity (Wildman–Crippen MR) is 104 cm³/mol. The minimum atomic E-state index is -0.110. The van der Waals surface area contributed by atoms with Crippen molar-refractivity contribution in [3.8, 4) is 22.6 Å². The number of carbonyl (C=O) groups is 1. The van der Waals surface area contributed by atoms with Crippen molar-refractivity contribution in [2.45, 2.75) is 13.5 Å². The van der Waals surface area contributed by atoms with Crippen LogP contribution in [0.2, 0.25) is 0 Å². The molecular formula is C19H17N7O2. The van der Waals surface area contributed by atoms with Crippen molar-refractivity contribution in [1.82, 2.24) is 29.3 Å². The van der Waals surface area contributed by atoms with E-state index in [0.717, 1.165) is 17.0 Å². The minimum Gasteiger partial charge on any atom is -0.307 e. The zero-order valence-electron chi connectivity index (χ0n) is 15.4. The molecule has 9 heteroatoms. The van der Waals surface area contributed by atoms with E-state index in [1.54, 1.807) is 18.1 Å². The smallest absolute Gasteiger partial charge is 0.260 e. The summed E-state index contributed by atoms with van der Waals surface area (Å²) in [6, 6.07) is 7.43. The van der Waals surface area contributed by atoms with Crippen LogP contribution in [-0.2, 0) is 18.4 Å². The van der Waals surface area contributed by atoms with E-state index in [1.165, 1.54) is 17.8 Å². The third-order valence-electron chi connectivity index (χ3n) is 5.06. The first kappa shape index (κ1) is 16.4. The Hall–Kier alpha value is -3.75. The SMILES string of the molecule is CC(=O)N1CCn2c1nc(-c1ccn[nH]1)c2-c1ccc2ncn(C)c(=O)c2c1. The predicted octanol–water partition coefficient (Wildman–Crippen LogP) is 1.55. The number of nitrogens with one attached hydrogen (secondary N) is 1. The standard InChI is InChI=1S/C19H17N7O2/c1-11(27)25-7-8-26-17(16(22-19(25)26)15-5-6-21-23-15)12-3-4-14-13(9-12)18(28)24(2)10-20-14/h3-6,9-10H,7-8H2,1-2H3,(H,21,23). The number of nitrogens with zero attached hydrogens (tertiary/aromatic N) is 6. The topological polar surface area (TPSA) is 102 Å². The van der Waals surface area contributed by atoms with Crippen molar-refractivity contribution in [3.05, 3.63) is 47.1 Å². The van der Waals surface area contributed by atoms with Gasteiger partial charge in [0.05, 0.1) is 28.6 Å². The molecule has 9 nitrogen and oxygen atoms in total. The first-order valence-electron chi connectivity index (χ1n) is 8.89. The van der Waals surface area contributed by atoms with Crippen LogP contribution in [0.15, 0.2) is 41.6 Å². The average molecular weight is 375 g/mol. The summed E-state index contributed by atoms with van der Waals surface area (Å²) in [7, 11) is 1.68. The highest BCUT2D eigenvalue weighted by molar-refractivity contribution is 5.93. The number of aromatic nitrogens is 6. The number of H-pyrrole nitrogens is 1. The number of aryl methyl sites for hydroxylation is 1. The van der Waals surface area contributed by atoms with E-state index in [9.17, 15) is 9.59 Å². The van der Waals surface area contributed by atoms with E-state index in [1.807, 2.05) is 28.8 Å². The molecule has 0 unspecified atom stereocenters. The second-order valence-corrected chi connectivity index (χ2v) is 6.79. The third-order valence-corrected chi connectivity index (χ3v) is 5.06. The molecule has 0 aliphatic carbocycles. The molecular weight excluding hydrogens is 358 g/mol. The normalized spacial score (nSPS) is 13.3. The van der Waals surface area contributed by atoms with Crippen molar-refractivity contribution in [2.75, 3.05) is 11.4 Å². The number of hydrogen-bond donors (Lipinski definition) is 1. The van der Waals surface area contributed by atoms with Crippen LogP contribution in [0.25, 0.3) is 33.5 Å². The molecule has 1 aliphatic rings. The van der Waals surface area contributed by atoms with Crippen molar-refractivity contribution < 1.29 is 4.79 Å². The van der Waals surface area contributed by atoms with Crippen LogP contribution in [-0.4, -0.2) is 41.8 Å². The Kier molecular flexibility index (Phi) is 3.45. The van der Waals surface area contributed by atoms with Gasteiger partial charge in [0.1, 0.15) is 5.69 Å². The van der Waals surface area contributed by atoms with Crippen LogP contribution in [0.5, 0.6) is 0 Å². The first-order valence-corrected chi connectivity index (χ1v) is 8.89. The van der Waals surface area contributed by atoms with Crippen LogP contribution in [0, 0.1) is 0 Å². The molecule has 0 atom stereocenters. The zero-order valence-corrected chi connectivity index (χ0v) is 15.4. The Morgan fingerprint density at radius 3 is 2.82 bits per heavy atom. The van der Waals surface area contributed by atoms with Gasteiger partial charge in [-0.3, -0.25) is 19.6 Å². The molecule has 1 aliphatic heterocycles. The van der Waals surface area contributed by atoms with E-state index < -0.39 is 0 Å². The number of hydrogen-bond acceptors (Lipinski definition) is 5. The zero-order chi connectivity index (χ0) is 19.4. The van der Waals surface area contributed by atoms with Crippen molar-refractivity contribution in [3.63, 3.8) is 0 Å². The molecule has 4 heterocycles. The lowest BCUT2D eigenvalue weighted by Crippen LogP contribution is -2.26. The molecule has 28 heavy (non-hydrogen) atoms. The van der Waals surface area contributed by atoms with Crippen molar-refractivity contribution >= 4 is 22.8 Å². The van der Waals surface area contributed by atoms with E-state index in [4.69, 9.17) is 4.98 Å². The molecule has 1 N–H and O–H groups in total. The molecule has 1 amide bonds. The van der Waals surface area contributed by atoms with Gasteiger partial charge in [0, 0.05) is 38.8 Å². The first-order chi connectivity index (χ1) is 13.5. The van der Waals surface area contributed by atoms with Crippen LogP contribution >= 0.6 is 0 Å². The van der Waals surface area contributed by atoms with Gasteiger partial charge in [0.2, 0.25) is 11.9 Å². The maximum absolute atomic E-state index is 12.6. The summed E-state index contributed by atoms with van der Waals surface area (Å²) in [5.74, 6) is 0.550. The Balaban J connectivity index is 1.79. The van der Waals surface area contributed by atoms with Gasteiger partial charge in [-0.1, -0.05) is 6.07 Å². The van der Waals surface area contributed by atoms with Gasteiger partial charge >= 0.3 is 0 Å². The van der Waals surface area contributed by atoms with Crippen LogP contribution in [0.4, 0.5) is 5.95 Å². The van der Waals surface area contributed by atoms with E-state index in [2.05, 4.69) is 15.2 Å². The molecule has 0 fully saturated rings. The third kappa shape index (κ3) is 2.29. The molecule has 0 radical (unpaired) electrons. The molecule has 1 aromatic carbocycles. The number of amides is 1. The number of rotatable bonds is 2. The number of fused-ring (bicyclic) bond motifs is 2. The number of imidazole rings is 1. The fourth-order valence-electron chi connectivity index (χ4n) is 3.68.